The average molecular weight is 418 g/mol. The van der Waals surface area contributed by atoms with Gasteiger partial charge in [-0.3, -0.25) is 18.7 Å². The number of rotatable bonds is 7. The monoisotopic (exact) mass is 418 g/mol. The smallest absolute Gasteiger partial charge is 0.347 e. The number of carbonyl (C=O) groups is 2. The van der Waals surface area contributed by atoms with Crippen molar-refractivity contribution < 1.29 is 48.5 Å². The fourth-order valence-electron chi connectivity index (χ4n) is 2.93. The van der Waals surface area contributed by atoms with E-state index in [-0.39, 0.29) is 5.39 Å². The van der Waals surface area contributed by atoms with Crippen molar-refractivity contribution in [1.29, 1.82) is 0 Å². The zero-order chi connectivity index (χ0) is 20.6. The summed E-state index contributed by atoms with van der Waals surface area (Å²) >= 11 is 0. The molecule has 0 saturated carbocycles. The lowest BCUT2D eigenvalue weighted by Crippen LogP contribution is -2.41. The molecule has 6 N–H and O–H groups in total. The van der Waals surface area contributed by atoms with Crippen molar-refractivity contribution in [3.63, 3.8) is 0 Å². The van der Waals surface area contributed by atoms with Crippen LogP contribution in [0.2, 0.25) is 0 Å². The Morgan fingerprint density at radius 3 is 1.96 bits per heavy atom. The van der Waals surface area contributed by atoms with Crippen LogP contribution in [-0.4, -0.2) is 47.4 Å². The first-order valence-corrected chi connectivity index (χ1v) is 10.7. The van der Waals surface area contributed by atoms with Gasteiger partial charge in [-0.2, -0.15) is 0 Å². The molecule has 0 heterocycles. The third kappa shape index (κ3) is 3.82. The predicted octanol–water partition coefficient (Wildman–Crippen LogP) is 1.32. The van der Waals surface area contributed by atoms with E-state index >= 15 is 0 Å². The predicted molar refractivity (Wildman–Crippen MR) is 93.4 cm³/mol. The van der Waals surface area contributed by atoms with E-state index in [4.69, 9.17) is 5.11 Å². The first kappa shape index (κ1) is 21.2. The van der Waals surface area contributed by atoms with E-state index in [0.29, 0.717) is 5.39 Å². The highest BCUT2D eigenvalue weighted by atomic mass is 31.2. The van der Waals surface area contributed by atoms with Crippen molar-refractivity contribution >= 4 is 37.9 Å². The largest absolute Gasteiger partial charge is 0.481 e. The SMILES string of the molecule is O=C(O)C(CC(C(=O)O)(c1cccc2ccccc12)P(=O)(O)O)P(=O)(O)O. The fraction of sp³-hybridized carbons (Fsp3) is 0.200. The maximum atomic E-state index is 12.3. The van der Waals surface area contributed by atoms with Crippen molar-refractivity contribution in [3.8, 4) is 0 Å². The zero-order valence-corrected chi connectivity index (χ0v) is 15.3. The van der Waals surface area contributed by atoms with Crippen LogP contribution in [0.4, 0.5) is 0 Å². The van der Waals surface area contributed by atoms with Crippen molar-refractivity contribution in [1.82, 2.24) is 0 Å². The Hall–Kier alpha value is -2.06. The summed E-state index contributed by atoms with van der Waals surface area (Å²) in [7, 11) is -11.1. The second-order valence-electron chi connectivity index (χ2n) is 5.88. The van der Waals surface area contributed by atoms with Gasteiger partial charge in [0.1, 0.15) is 0 Å². The van der Waals surface area contributed by atoms with Gasteiger partial charge in [-0.15, -0.1) is 0 Å². The highest BCUT2D eigenvalue weighted by molar-refractivity contribution is 7.55. The molecule has 0 fully saturated rings. The first-order valence-electron chi connectivity index (χ1n) is 7.37. The van der Waals surface area contributed by atoms with E-state index in [1.54, 1.807) is 18.2 Å². The van der Waals surface area contributed by atoms with Crippen LogP contribution in [0.25, 0.3) is 10.8 Å². The molecule has 27 heavy (non-hydrogen) atoms. The number of aliphatic carboxylic acids is 2. The molecule has 0 aromatic heterocycles. The van der Waals surface area contributed by atoms with Gasteiger partial charge in [-0.05, 0) is 16.3 Å². The van der Waals surface area contributed by atoms with Crippen LogP contribution in [0.3, 0.4) is 0 Å². The minimum atomic E-state index is -5.66. The van der Waals surface area contributed by atoms with Gasteiger partial charge in [-0.25, -0.2) is 0 Å². The van der Waals surface area contributed by atoms with Crippen LogP contribution in [0.1, 0.15) is 12.0 Å². The second kappa shape index (κ2) is 7.16. The first-order chi connectivity index (χ1) is 12.3. The molecule has 2 aromatic rings. The minimum absolute atomic E-state index is 0.112. The maximum Gasteiger partial charge on any atom is 0.347 e. The number of fused-ring (bicyclic) bond motifs is 1. The van der Waals surface area contributed by atoms with Crippen molar-refractivity contribution in [2.45, 2.75) is 17.2 Å². The summed E-state index contributed by atoms with van der Waals surface area (Å²) in [6.45, 7) is 0. The Kier molecular flexibility index (Phi) is 5.64. The van der Waals surface area contributed by atoms with E-state index < -0.39 is 49.9 Å². The van der Waals surface area contributed by atoms with E-state index in [1.807, 2.05) is 0 Å². The molecule has 0 amide bonds. The molecule has 0 aliphatic heterocycles. The molecular formula is C15H16O10P2. The van der Waals surface area contributed by atoms with Crippen molar-refractivity contribution in [2.75, 3.05) is 0 Å². The fourth-order valence-corrected chi connectivity index (χ4v) is 5.05. The molecular weight excluding hydrogens is 402 g/mol. The molecule has 2 rings (SSSR count). The highest BCUT2D eigenvalue weighted by Gasteiger charge is 2.60. The van der Waals surface area contributed by atoms with Gasteiger partial charge in [-0.1, -0.05) is 42.5 Å². The van der Waals surface area contributed by atoms with Gasteiger partial charge < -0.3 is 29.8 Å². The molecule has 146 valence electrons. The molecule has 0 aliphatic rings. The quantitative estimate of drug-likeness (QED) is 0.358. The summed E-state index contributed by atoms with van der Waals surface area (Å²) in [6, 6.07) is 9.96. The molecule has 0 saturated heterocycles. The van der Waals surface area contributed by atoms with Crippen LogP contribution in [0.15, 0.2) is 42.5 Å². The Bertz CT molecular complexity index is 986. The number of carboxylic acids is 2. The lowest BCUT2D eigenvalue weighted by molar-refractivity contribution is -0.142. The maximum absolute atomic E-state index is 12.3. The van der Waals surface area contributed by atoms with Crippen LogP contribution < -0.4 is 0 Å². The zero-order valence-electron chi connectivity index (χ0n) is 13.5. The summed E-state index contributed by atoms with van der Waals surface area (Å²) in [6.07, 6.45) is -1.50. The third-order valence-electron chi connectivity index (χ3n) is 4.27. The van der Waals surface area contributed by atoms with Gasteiger partial charge in [0.25, 0.3) is 0 Å². The summed E-state index contributed by atoms with van der Waals surface area (Å²) in [5.74, 6) is -4.16. The standard InChI is InChI=1S/C15H16O10P2/c16-13(17)12(26(20,21)22)8-15(14(18)19,27(23,24)25)11-7-3-5-9-4-1-2-6-10(9)11/h1-7,12H,8H2,(H,16,17)(H,18,19)(H2,20,21,22)(H2,23,24,25). The van der Waals surface area contributed by atoms with E-state index in [2.05, 4.69) is 0 Å². The Labute approximate surface area is 152 Å². The molecule has 0 aliphatic carbocycles. The van der Waals surface area contributed by atoms with Gasteiger partial charge in [0.15, 0.2) is 10.8 Å². The van der Waals surface area contributed by atoms with E-state index in [0.717, 1.165) is 6.07 Å². The number of benzene rings is 2. The number of hydrogen-bond donors (Lipinski definition) is 6. The van der Waals surface area contributed by atoms with Crippen LogP contribution in [-0.2, 0) is 23.9 Å². The average Bonchev–Trinajstić information content (AvgIpc) is 2.52. The van der Waals surface area contributed by atoms with E-state index in [9.17, 15) is 43.4 Å². The van der Waals surface area contributed by atoms with E-state index in [1.165, 1.54) is 18.2 Å². The van der Waals surface area contributed by atoms with Crippen LogP contribution in [0, 0.1) is 0 Å². The molecule has 2 atom stereocenters. The minimum Gasteiger partial charge on any atom is -0.481 e. The molecule has 2 aromatic carbocycles. The van der Waals surface area contributed by atoms with Crippen molar-refractivity contribution in [2.24, 2.45) is 0 Å². The van der Waals surface area contributed by atoms with Crippen LogP contribution >= 0.6 is 15.2 Å². The normalized spacial score (nSPS) is 15.9. The molecule has 12 heteroatoms. The Morgan fingerprint density at radius 1 is 0.926 bits per heavy atom. The Balaban J connectivity index is 2.90. The highest BCUT2D eigenvalue weighted by Crippen LogP contribution is 2.63. The number of hydrogen-bond acceptors (Lipinski definition) is 4. The summed E-state index contributed by atoms with van der Waals surface area (Å²) in [5.41, 5.74) is -3.05. The van der Waals surface area contributed by atoms with Gasteiger partial charge in [0, 0.05) is 6.42 Å². The van der Waals surface area contributed by atoms with Crippen molar-refractivity contribution in [3.05, 3.63) is 48.0 Å². The molecule has 0 spiro atoms. The molecule has 0 radical (unpaired) electrons. The second-order valence-corrected chi connectivity index (χ2v) is 9.54. The van der Waals surface area contributed by atoms with Gasteiger partial charge in [0.05, 0.1) is 0 Å². The Morgan fingerprint density at radius 2 is 1.48 bits per heavy atom. The third-order valence-corrected chi connectivity index (χ3v) is 7.09. The number of carboxylic acid groups (broad SMARTS) is 2. The topological polar surface area (TPSA) is 190 Å². The molecule has 2 unspecified atom stereocenters. The summed E-state index contributed by atoms with van der Waals surface area (Å²) in [4.78, 5) is 61.8. The summed E-state index contributed by atoms with van der Waals surface area (Å²) < 4.78 is 23.9. The lowest BCUT2D eigenvalue weighted by Gasteiger charge is -2.33. The van der Waals surface area contributed by atoms with Gasteiger partial charge in [0.2, 0.25) is 0 Å². The lowest BCUT2D eigenvalue weighted by atomic mass is 9.88. The van der Waals surface area contributed by atoms with Crippen LogP contribution in [0.5, 0.6) is 0 Å². The summed E-state index contributed by atoms with van der Waals surface area (Å²) in [5, 5.41) is 16.2. The van der Waals surface area contributed by atoms with Gasteiger partial charge >= 0.3 is 27.1 Å². The molecule has 0 bridgehead atoms. The molecule has 10 nitrogen and oxygen atoms in total.